The van der Waals surface area contributed by atoms with Crippen LogP contribution in [0, 0.1) is 6.92 Å². The molecule has 5 rings (SSSR count). The molecule has 0 bridgehead atoms. The third-order valence-electron chi connectivity index (χ3n) is 5.93. The van der Waals surface area contributed by atoms with Gasteiger partial charge < -0.3 is 9.80 Å². The van der Waals surface area contributed by atoms with Gasteiger partial charge in [-0.2, -0.15) is 14.6 Å². The van der Waals surface area contributed by atoms with E-state index in [-0.39, 0.29) is 0 Å². The normalized spacial score (nSPS) is 20.1. The van der Waals surface area contributed by atoms with E-state index in [1.165, 1.54) is 41.2 Å². The van der Waals surface area contributed by atoms with E-state index in [0.29, 0.717) is 6.04 Å². The van der Waals surface area contributed by atoms with Crippen LogP contribution in [0.2, 0.25) is 0 Å². The van der Waals surface area contributed by atoms with Crippen molar-refractivity contribution in [3.63, 3.8) is 0 Å². The minimum absolute atomic E-state index is 0.437. The van der Waals surface area contributed by atoms with Gasteiger partial charge in [0.2, 0.25) is 0 Å². The van der Waals surface area contributed by atoms with Gasteiger partial charge >= 0.3 is 0 Å². The Hall–Kier alpha value is -2.63. The number of aromatic nitrogens is 4. The number of benzene rings is 1. The summed E-state index contributed by atoms with van der Waals surface area (Å²) in [5, 5.41) is 4.50. The predicted molar refractivity (Wildman–Crippen MR) is 108 cm³/mol. The van der Waals surface area contributed by atoms with Gasteiger partial charge in [0.25, 0.3) is 5.78 Å². The number of anilines is 2. The zero-order chi connectivity index (χ0) is 18.4. The molecule has 2 aliphatic rings. The Labute approximate surface area is 159 Å². The van der Waals surface area contributed by atoms with Crippen LogP contribution in [-0.4, -0.2) is 45.3 Å². The van der Waals surface area contributed by atoms with Crippen LogP contribution in [-0.2, 0) is 12.8 Å². The van der Waals surface area contributed by atoms with Gasteiger partial charge in [-0.1, -0.05) is 12.1 Å². The van der Waals surface area contributed by atoms with E-state index in [2.05, 4.69) is 58.0 Å². The first-order chi connectivity index (χ1) is 13.2. The van der Waals surface area contributed by atoms with Crippen molar-refractivity contribution in [2.24, 2.45) is 0 Å². The van der Waals surface area contributed by atoms with E-state index in [1.807, 2.05) is 4.52 Å². The molecule has 1 fully saturated rings. The van der Waals surface area contributed by atoms with Crippen molar-refractivity contribution in [2.45, 2.75) is 45.6 Å². The van der Waals surface area contributed by atoms with Gasteiger partial charge in [0.05, 0.1) is 5.69 Å². The standard InChI is InChI=1S/C21H26N6/c1-15-6-5-7-17(12-15)26-11-10-25(13-16(26)2)20-18-8-3-4-9-19(18)24-21-22-14-23-27(20)21/h5-7,12,14,16H,3-4,8-11,13H2,1-2H3/t16-/m1/s1. The zero-order valence-electron chi connectivity index (χ0n) is 16.1. The van der Waals surface area contributed by atoms with Crippen molar-refractivity contribution in [3.05, 3.63) is 47.4 Å². The third kappa shape index (κ3) is 2.83. The molecule has 3 heterocycles. The molecule has 0 unspecified atom stereocenters. The van der Waals surface area contributed by atoms with E-state index in [4.69, 9.17) is 4.98 Å². The summed E-state index contributed by atoms with van der Waals surface area (Å²) < 4.78 is 1.96. The van der Waals surface area contributed by atoms with Gasteiger partial charge in [-0.05, 0) is 57.2 Å². The first-order valence-corrected chi connectivity index (χ1v) is 10.0. The van der Waals surface area contributed by atoms with Gasteiger partial charge in [0, 0.05) is 36.9 Å². The second kappa shape index (κ2) is 6.51. The number of nitrogens with zero attached hydrogens (tertiary/aromatic N) is 6. The Bertz CT molecular complexity index is 978. The molecule has 0 radical (unpaired) electrons. The Morgan fingerprint density at radius 3 is 2.85 bits per heavy atom. The minimum atomic E-state index is 0.437. The van der Waals surface area contributed by atoms with Crippen molar-refractivity contribution in [3.8, 4) is 0 Å². The second-order valence-electron chi connectivity index (χ2n) is 7.87. The largest absolute Gasteiger partial charge is 0.365 e. The molecule has 27 heavy (non-hydrogen) atoms. The number of piperazine rings is 1. The quantitative estimate of drug-likeness (QED) is 0.701. The fourth-order valence-corrected chi connectivity index (χ4v) is 4.63. The molecule has 1 aliphatic heterocycles. The highest BCUT2D eigenvalue weighted by molar-refractivity contribution is 5.58. The first-order valence-electron chi connectivity index (χ1n) is 10.0. The van der Waals surface area contributed by atoms with Crippen LogP contribution < -0.4 is 9.80 Å². The summed E-state index contributed by atoms with van der Waals surface area (Å²) in [7, 11) is 0. The molecule has 2 aromatic heterocycles. The average molecular weight is 362 g/mol. The SMILES string of the molecule is Cc1cccc(N2CCN(c3c4c(nc5ncnn35)CCCC4)C[C@H]2C)c1. The fraction of sp³-hybridized carbons (Fsp3) is 0.476. The lowest BCUT2D eigenvalue weighted by Crippen LogP contribution is -2.53. The molecule has 140 valence electrons. The van der Waals surface area contributed by atoms with Crippen LogP contribution in [0.1, 0.15) is 36.6 Å². The molecule has 1 aliphatic carbocycles. The van der Waals surface area contributed by atoms with Crippen LogP contribution in [0.15, 0.2) is 30.6 Å². The number of fused-ring (bicyclic) bond motifs is 2. The van der Waals surface area contributed by atoms with E-state index in [0.717, 1.165) is 38.3 Å². The number of rotatable bonds is 2. The summed E-state index contributed by atoms with van der Waals surface area (Å²) in [4.78, 5) is 14.2. The van der Waals surface area contributed by atoms with E-state index < -0.39 is 0 Å². The summed E-state index contributed by atoms with van der Waals surface area (Å²) in [5.41, 5.74) is 5.25. The maximum Gasteiger partial charge on any atom is 0.254 e. The molecule has 0 N–H and O–H groups in total. The third-order valence-corrected chi connectivity index (χ3v) is 5.93. The Morgan fingerprint density at radius 1 is 1.11 bits per heavy atom. The fourth-order valence-electron chi connectivity index (χ4n) is 4.63. The van der Waals surface area contributed by atoms with Crippen molar-refractivity contribution >= 4 is 17.3 Å². The van der Waals surface area contributed by atoms with Gasteiger partial charge in [-0.15, -0.1) is 0 Å². The van der Waals surface area contributed by atoms with E-state index in [9.17, 15) is 0 Å². The molecule has 1 saturated heterocycles. The van der Waals surface area contributed by atoms with Crippen molar-refractivity contribution in [2.75, 3.05) is 29.4 Å². The average Bonchev–Trinajstić information content (AvgIpc) is 3.14. The Balaban J connectivity index is 1.49. The van der Waals surface area contributed by atoms with Gasteiger partial charge in [0.1, 0.15) is 12.1 Å². The van der Waals surface area contributed by atoms with Crippen molar-refractivity contribution in [1.29, 1.82) is 0 Å². The summed E-state index contributed by atoms with van der Waals surface area (Å²) in [6, 6.07) is 9.27. The minimum Gasteiger partial charge on any atom is -0.365 e. The lowest BCUT2D eigenvalue weighted by molar-refractivity contribution is 0.538. The van der Waals surface area contributed by atoms with Crippen LogP contribution in [0.5, 0.6) is 0 Å². The zero-order valence-corrected chi connectivity index (χ0v) is 16.1. The van der Waals surface area contributed by atoms with Crippen LogP contribution in [0.3, 0.4) is 0 Å². The molecule has 0 amide bonds. The topological polar surface area (TPSA) is 49.6 Å². The molecule has 1 atom stereocenters. The number of aryl methyl sites for hydroxylation is 2. The highest BCUT2D eigenvalue weighted by Crippen LogP contribution is 2.32. The molecule has 0 saturated carbocycles. The van der Waals surface area contributed by atoms with E-state index >= 15 is 0 Å². The maximum atomic E-state index is 4.77. The Kier molecular flexibility index (Phi) is 3.99. The van der Waals surface area contributed by atoms with Gasteiger partial charge in [-0.25, -0.2) is 4.98 Å². The molecule has 0 spiro atoms. The van der Waals surface area contributed by atoms with Crippen LogP contribution in [0.25, 0.3) is 5.78 Å². The van der Waals surface area contributed by atoms with Crippen LogP contribution in [0.4, 0.5) is 11.5 Å². The molecular weight excluding hydrogens is 336 g/mol. The van der Waals surface area contributed by atoms with Crippen molar-refractivity contribution in [1.82, 2.24) is 19.6 Å². The molecule has 6 heteroatoms. The van der Waals surface area contributed by atoms with Gasteiger partial charge in [-0.3, -0.25) is 0 Å². The summed E-state index contributed by atoms with van der Waals surface area (Å²) in [6.45, 7) is 7.47. The smallest absolute Gasteiger partial charge is 0.254 e. The maximum absolute atomic E-state index is 4.77. The van der Waals surface area contributed by atoms with Gasteiger partial charge in [0.15, 0.2) is 0 Å². The molecule has 3 aromatic rings. The highest BCUT2D eigenvalue weighted by atomic mass is 15.4. The molecular formula is C21H26N6. The summed E-state index contributed by atoms with van der Waals surface area (Å²) >= 11 is 0. The van der Waals surface area contributed by atoms with Crippen molar-refractivity contribution < 1.29 is 0 Å². The van der Waals surface area contributed by atoms with E-state index in [1.54, 1.807) is 6.33 Å². The lowest BCUT2D eigenvalue weighted by atomic mass is 9.95. The number of hydrogen-bond acceptors (Lipinski definition) is 5. The number of hydrogen-bond donors (Lipinski definition) is 0. The van der Waals surface area contributed by atoms with Crippen LogP contribution >= 0.6 is 0 Å². The first kappa shape index (κ1) is 16.5. The lowest BCUT2D eigenvalue weighted by Gasteiger charge is -2.43. The monoisotopic (exact) mass is 362 g/mol. The highest BCUT2D eigenvalue weighted by Gasteiger charge is 2.29. The summed E-state index contributed by atoms with van der Waals surface area (Å²) in [6.07, 6.45) is 6.25. The predicted octanol–water partition coefficient (Wildman–Crippen LogP) is 3.03. The Morgan fingerprint density at radius 2 is 2.00 bits per heavy atom. The second-order valence-corrected chi connectivity index (χ2v) is 7.87. The summed E-state index contributed by atoms with van der Waals surface area (Å²) in [5.74, 6) is 1.96. The molecule has 1 aromatic carbocycles. The molecule has 6 nitrogen and oxygen atoms in total.